The summed E-state index contributed by atoms with van der Waals surface area (Å²) < 4.78 is 22.8. The van der Waals surface area contributed by atoms with Crippen molar-refractivity contribution in [3.8, 4) is 0 Å². The number of primary sulfonamides is 1. The van der Waals surface area contributed by atoms with Gasteiger partial charge in [0.2, 0.25) is 10.0 Å². The summed E-state index contributed by atoms with van der Waals surface area (Å²) in [5.41, 5.74) is 2.40. The summed E-state index contributed by atoms with van der Waals surface area (Å²) in [6.45, 7) is 4.76. The van der Waals surface area contributed by atoms with Crippen molar-refractivity contribution >= 4 is 40.0 Å². The van der Waals surface area contributed by atoms with Gasteiger partial charge in [-0.3, -0.25) is 4.99 Å². The highest BCUT2D eigenvalue weighted by Crippen LogP contribution is 2.34. The Kier molecular flexibility index (Phi) is 9.11. The average molecular weight is 542 g/mol. The molecule has 1 heterocycles. The zero-order chi connectivity index (χ0) is 20.9. The van der Waals surface area contributed by atoms with Crippen molar-refractivity contribution in [3.63, 3.8) is 0 Å². The molecule has 1 aliphatic heterocycles. The number of sulfonamides is 1. The number of nitrogens with one attached hydrogen (secondary N) is 1. The van der Waals surface area contributed by atoms with Gasteiger partial charge in [0, 0.05) is 26.7 Å². The monoisotopic (exact) mass is 542 g/mol. The lowest BCUT2D eigenvalue weighted by Crippen LogP contribution is -2.48. The normalized spacial score (nSPS) is 19.8. The highest BCUT2D eigenvalue weighted by Gasteiger charge is 2.30. The first-order valence-electron chi connectivity index (χ1n) is 10.0. The van der Waals surface area contributed by atoms with E-state index in [9.17, 15) is 8.42 Å². The number of rotatable bonds is 5. The minimum atomic E-state index is -3.66. The Hall–Kier alpha value is -1.65. The summed E-state index contributed by atoms with van der Waals surface area (Å²) in [5, 5.41) is 8.57. The second kappa shape index (κ2) is 11.1. The van der Waals surface area contributed by atoms with E-state index in [0.29, 0.717) is 18.4 Å². The van der Waals surface area contributed by atoms with Crippen molar-refractivity contribution in [2.45, 2.75) is 37.1 Å². The molecule has 0 bridgehead atoms. The molecule has 6 nitrogen and oxygen atoms in total. The van der Waals surface area contributed by atoms with Crippen molar-refractivity contribution in [3.05, 3.63) is 65.7 Å². The lowest BCUT2D eigenvalue weighted by atomic mass is 9.79. The third-order valence-electron chi connectivity index (χ3n) is 5.70. The standard InChI is InChI=1S/C22H30N4O2S.HI/c1-3-18-16-26(14-13-21(18)19-7-5-4-6-8-19)22(24-2)25-15-17-9-11-20(12-10-17)29(23,27)28;/h4-12,18,21H,3,13-16H2,1-2H3,(H,24,25)(H2,23,27,28);1H. The van der Waals surface area contributed by atoms with Crippen LogP contribution in [0.5, 0.6) is 0 Å². The topological polar surface area (TPSA) is 87.8 Å². The van der Waals surface area contributed by atoms with Crippen LogP contribution in [0, 0.1) is 5.92 Å². The summed E-state index contributed by atoms with van der Waals surface area (Å²) in [6.07, 6.45) is 2.23. The highest BCUT2D eigenvalue weighted by atomic mass is 127. The van der Waals surface area contributed by atoms with Crippen LogP contribution in [0.3, 0.4) is 0 Å². The first kappa shape index (κ1) is 24.6. The van der Waals surface area contributed by atoms with E-state index in [4.69, 9.17) is 5.14 Å². The van der Waals surface area contributed by atoms with Gasteiger partial charge in [-0.25, -0.2) is 13.6 Å². The maximum Gasteiger partial charge on any atom is 0.238 e. The number of nitrogens with two attached hydrogens (primary N) is 1. The van der Waals surface area contributed by atoms with Crippen molar-refractivity contribution in [1.29, 1.82) is 0 Å². The molecular weight excluding hydrogens is 511 g/mol. The quantitative estimate of drug-likeness (QED) is 0.344. The third-order valence-corrected chi connectivity index (χ3v) is 6.63. The maximum absolute atomic E-state index is 11.4. The molecule has 30 heavy (non-hydrogen) atoms. The van der Waals surface area contributed by atoms with Crippen LogP contribution >= 0.6 is 24.0 Å². The summed E-state index contributed by atoms with van der Waals surface area (Å²) in [4.78, 5) is 6.92. The van der Waals surface area contributed by atoms with Crippen molar-refractivity contribution in [1.82, 2.24) is 10.2 Å². The largest absolute Gasteiger partial charge is 0.352 e. The first-order valence-corrected chi connectivity index (χ1v) is 11.6. The van der Waals surface area contributed by atoms with Crippen LogP contribution in [-0.4, -0.2) is 39.4 Å². The van der Waals surface area contributed by atoms with Gasteiger partial charge in [-0.2, -0.15) is 0 Å². The molecule has 0 amide bonds. The number of likely N-dealkylation sites (tertiary alicyclic amines) is 1. The summed E-state index contributed by atoms with van der Waals surface area (Å²) in [7, 11) is -1.86. The van der Waals surface area contributed by atoms with Crippen LogP contribution in [0.25, 0.3) is 0 Å². The number of hydrogen-bond acceptors (Lipinski definition) is 3. The molecule has 0 radical (unpaired) electrons. The van der Waals surface area contributed by atoms with E-state index >= 15 is 0 Å². The molecule has 0 spiro atoms. The molecule has 164 valence electrons. The first-order chi connectivity index (χ1) is 13.9. The molecule has 0 aromatic heterocycles. The molecule has 2 aromatic carbocycles. The number of benzene rings is 2. The molecule has 2 atom stereocenters. The third kappa shape index (κ3) is 6.18. The predicted molar refractivity (Wildman–Crippen MR) is 133 cm³/mol. The van der Waals surface area contributed by atoms with Crippen LogP contribution in [0.2, 0.25) is 0 Å². The number of halogens is 1. The molecule has 0 saturated carbocycles. The number of nitrogens with zero attached hydrogens (tertiary/aromatic N) is 2. The summed E-state index contributed by atoms with van der Waals surface area (Å²) in [6, 6.07) is 17.4. The fourth-order valence-electron chi connectivity index (χ4n) is 4.09. The minimum absolute atomic E-state index is 0. The average Bonchev–Trinajstić information content (AvgIpc) is 2.74. The SMILES string of the molecule is CCC1CN(C(=NC)NCc2ccc(S(N)(=O)=O)cc2)CCC1c1ccccc1.I. The molecule has 2 unspecified atom stereocenters. The van der Waals surface area contributed by atoms with Crippen LogP contribution in [0.4, 0.5) is 0 Å². The van der Waals surface area contributed by atoms with Crippen molar-refractivity contribution in [2.75, 3.05) is 20.1 Å². The minimum Gasteiger partial charge on any atom is -0.352 e. The predicted octanol–water partition coefficient (Wildman–Crippen LogP) is 3.54. The Morgan fingerprint density at radius 2 is 1.83 bits per heavy atom. The zero-order valence-corrected chi connectivity index (χ0v) is 20.6. The van der Waals surface area contributed by atoms with Gasteiger partial charge in [-0.15, -0.1) is 24.0 Å². The van der Waals surface area contributed by atoms with E-state index in [1.807, 2.05) is 0 Å². The Balaban J connectivity index is 0.00000320. The number of piperidine rings is 1. The molecule has 0 aliphatic carbocycles. The van der Waals surface area contributed by atoms with E-state index in [1.54, 1.807) is 19.2 Å². The van der Waals surface area contributed by atoms with Crippen molar-refractivity contribution < 1.29 is 8.42 Å². The molecule has 1 aliphatic rings. The van der Waals surface area contributed by atoms with Gasteiger partial charge in [0.15, 0.2) is 5.96 Å². The second-order valence-electron chi connectivity index (χ2n) is 7.51. The summed E-state index contributed by atoms with van der Waals surface area (Å²) in [5.74, 6) is 2.05. The summed E-state index contributed by atoms with van der Waals surface area (Å²) >= 11 is 0. The van der Waals surface area contributed by atoms with Gasteiger partial charge < -0.3 is 10.2 Å². The van der Waals surface area contributed by atoms with E-state index < -0.39 is 10.0 Å². The number of guanidine groups is 1. The lowest BCUT2D eigenvalue weighted by Gasteiger charge is -2.40. The van der Waals surface area contributed by atoms with Gasteiger partial charge >= 0.3 is 0 Å². The van der Waals surface area contributed by atoms with E-state index in [0.717, 1.165) is 37.5 Å². The van der Waals surface area contributed by atoms with Crippen LogP contribution in [0.15, 0.2) is 64.5 Å². The molecule has 3 N–H and O–H groups in total. The molecule has 1 fully saturated rings. The van der Waals surface area contributed by atoms with Gasteiger partial charge in [0.1, 0.15) is 0 Å². The molecular formula is C22H31IN4O2S. The zero-order valence-electron chi connectivity index (χ0n) is 17.5. The highest BCUT2D eigenvalue weighted by molar-refractivity contribution is 14.0. The number of aliphatic imine (C=N–C) groups is 1. The molecule has 2 aromatic rings. The smallest absolute Gasteiger partial charge is 0.238 e. The molecule has 1 saturated heterocycles. The Labute approximate surface area is 197 Å². The second-order valence-corrected chi connectivity index (χ2v) is 9.07. The van der Waals surface area contributed by atoms with Gasteiger partial charge in [-0.05, 0) is 41.5 Å². The number of hydrogen-bond donors (Lipinski definition) is 2. The fraction of sp³-hybridized carbons (Fsp3) is 0.409. The Morgan fingerprint density at radius 1 is 1.17 bits per heavy atom. The lowest BCUT2D eigenvalue weighted by molar-refractivity contribution is 0.215. The van der Waals surface area contributed by atoms with E-state index in [2.05, 4.69) is 52.5 Å². The van der Waals surface area contributed by atoms with E-state index in [-0.39, 0.29) is 28.9 Å². The van der Waals surface area contributed by atoms with Gasteiger partial charge in [-0.1, -0.05) is 55.8 Å². The Bertz CT molecular complexity index is 933. The van der Waals surface area contributed by atoms with Gasteiger partial charge in [0.25, 0.3) is 0 Å². The van der Waals surface area contributed by atoms with Crippen LogP contribution in [-0.2, 0) is 16.6 Å². The van der Waals surface area contributed by atoms with E-state index in [1.165, 1.54) is 17.7 Å². The Morgan fingerprint density at radius 3 is 2.40 bits per heavy atom. The van der Waals surface area contributed by atoms with Crippen molar-refractivity contribution in [2.24, 2.45) is 16.0 Å². The molecule has 3 rings (SSSR count). The molecule has 8 heteroatoms. The van der Waals surface area contributed by atoms with Crippen LogP contribution in [0.1, 0.15) is 36.8 Å². The van der Waals surface area contributed by atoms with Crippen LogP contribution < -0.4 is 10.5 Å². The maximum atomic E-state index is 11.4. The fourth-order valence-corrected chi connectivity index (χ4v) is 4.60. The van der Waals surface area contributed by atoms with Gasteiger partial charge in [0.05, 0.1) is 4.90 Å².